The van der Waals surface area contributed by atoms with Gasteiger partial charge in [-0.05, 0) is 6.07 Å². The summed E-state index contributed by atoms with van der Waals surface area (Å²) in [5.74, 6) is 5.77. The van der Waals surface area contributed by atoms with Gasteiger partial charge in [0.1, 0.15) is 5.76 Å². The van der Waals surface area contributed by atoms with E-state index in [0.717, 1.165) is 11.3 Å². The van der Waals surface area contributed by atoms with Crippen molar-refractivity contribution in [2.24, 2.45) is 5.90 Å². The van der Waals surface area contributed by atoms with Gasteiger partial charge in [0.25, 0.3) is 0 Å². The third kappa shape index (κ3) is 2.34. The Morgan fingerprint density at radius 2 is 2.42 bits per heavy atom. The maximum Gasteiger partial charge on any atom is 0.111 e. The average Bonchev–Trinajstić information content (AvgIpc) is 2.50. The molecule has 1 aromatic heterocycles. The van der Waals surface area contributed by atoms with E-state index < -0.39 is 0 Å². The Hall–Kier alpha value is -0.840. The topological polar surface area (TPSA) is 57.6 Å². The predicted octanol–water partition coefficient (Wildman–Crippen LogP) is 0.859. The molecule has 2 N–H and O–H groups in total. The molecule has 0 aromatic carbocycles. The smallest absolute Gasteiger partial charge is 0.111 e. The van der Waals surface area contributed by atoms with Crippen LogP contribution in [0.15, 0.2) is 16.7 Å². The molecule has 0 atom stereocenters. The zero-order chi connectivity index (χ0) is 8.81. The SMILES string of the molecule is COCc1ccoc1CCON. The van der Waals surface area contributed by atoms with E-state index >= 15 is 0 Å². The van der Waals surface area contributed by atoms with E-state index in [-0.39, 0.29) is 0 Å². The third-order valence-corrected chi connectivity index (χ3v) is 1.58. The van der Waals surface area contributed by atoms with Crippen molar-refractivity contribution in [1.82, 2.24) is 0 Å². The Bertz CT molecular complexity index is 222. The largest absolute Gasteiger partial charge is 0.469 e. The molecule has 68 valence electrons. The lowest BCUT2D eigenvalue weighted by Gasteiger charge is -1.99. The van der Waals surface area contributed by atoms with E-state index in [1.54, 1.807) is 13.4 Å². The molecule has 0 bridgehead atoms. The minimum Gasteiger partial charge on any atom is -0.469 e. The second-order valence-corrected chi connectivity index (χ2v) is 2.42. The molecule has 0 aliphatic heterocycles. The highest BCUT2D eigenvalue weighted by molar-refractivity contribution is 5.16. The number of hydrogen-bond donors (Lipinski definition) is 1. The molecular formula is C8H13NO3. The predicted molar refractivity (Wildman–Crippen MR) is 43.3 cm³/mol. The fraction of sp³-hybridized carbons (Fsp3) is 0.500. The fourth-order valence-corrected chi connectivity index (χ4v) is 1.02. The first-order valence-electron chi connectivity index (χ1n) is 3.74. The standard InChI is InChI=1S/C8H13NO3/c1-10-6-7-2-4-11-8(7)3-5-12-9/h2,4H,3,5-6,9H2,1H3. The van der Waals surface area contributed by atoms with Crippen molar-refractivity contribution < 1.29 is 14.0 Å². The second kappa shape index (κ2) is 4.92. The summed E-state index contributed by atoms with van der Waals surface area (Å²) in [7, 11) is 1.65. The van der Waals surface area contributed by atoms with Crippen LogP contribution >= 0.6 is 0 Å². The zero-order valence-electron chi connectivity index (χ0n) is 7.08. The minimum absolute atomic E-state index is 0.463. The number of methoxy groups -OCH3 is 1. The molecule has 0 aliphatic rings. The molecule has 1 rings (SSSR count). The zero-order valence-corrected chi connectivity index (χ0v) is 7.08. The van der Waals surface area contributed by atoms with Gasteiger partial charge in [0, 0.05) is 19.1 Å². The molecular weight excluding hydrogens is 158 g/mol. The second-order valence-electron chi connectivity index (χ2n) is 2.42. The van der Waals surface area contributed by atoms with E-state index in [9.17, 15) is 0 Å². The van der Waals surface area contributed by atoms with Crippen molar-refractivity contribution in [2.45, 2.75) is 13.0 Å². The lowest BCUT2D eigenvalue weighted by Crippen LogP contribution is -2.04. The van der Waals surface area contributed by atoms with E-state index in [1.165, 1.54) is 0 Å². The molecule has 0 saturated heterocycles. The molecule has 0 saturated carbocycles. The summed E-state index contributed by atoms with van der Waals surface area (Å²) in [6.07, 6.45) is 2.32. The number of furan rings is 1. The number of rotatable bonds is 5. The Labute approximate surface area is 71.2 Å². The molecule has 0 amide bonds. The van der Waals surface area contributed by atoms with Gasteiger partial charge < -0.3 is 14.0 Å². The summed E-state index contributed by atoms with van der Waals surface area (Å²) < 4.78 is 10.2. The molecule has 12 heavy (non-hydrogen) atoms. The van der Waals surface area contributed by atoms with E-state index in [4.69, 9.17) is 15.1 Å². The van der Waals surface area contributed by atoms with Gasteiger partial charge >= 0.3 is 0 Å². The third-order valence-electron chi connectivity index (χ3n) is 1.58. The summed E-state index contributed by atoms with van der Waals surface area (Å²) in [6.45, 7) is 1.03. The first kappa shape index (κ1) is 9.25. The molecule has 0 radical (unpaired) electrons. The lowest BCUT2D eigenvalue weighted by atomic mass is 10.2. The highest BCUT2D eigenvalue weighted by Gasteiger charge is 2.04. The number of ether oxygens (including phenoxy) is 1. The Morgan fingerprint density at radius 3 is 3.08 bits per heavy atom. The van der Waals surface area contributed by atoms with Crippen LogP contribution in [0.1, 0.15) is 11.3 Å². The summed E-state index contributed by atoms with van der Waals surface area (Å²) in [4.78, 5) is 4.45. The van der Waals surface area contributed by atoms with Gasteiger partial charge in [0.2, 0.25) is 0 Å². The number of hydrogen-bond acceptors (Lipinski definition) is 4. The monoisotopic (exact) mass is 171 g/mol. The summed E-state index contributed by atoms with van der Waals surface area (Å²) >= 11 is 0. The van der Waals surface area contributed by atoms with Crippen molar-refractivity contribution in [3.63, 3.8) is 0 Å². The summed E-state index contributed by atoms with van der Waals surface area (Å²) in [5.41, 5.74) is 1.05. The summed E-state index contributed by atoms with van der Waals surface area (Å²) in [6, 6.07) is 1.88. The maximum absolute atomic E-state index is 5.20. The van der Waals surface area contributed by atoms with Gasteiger partial charge in [0.15, 0.2) is 0 Å². The fourth-order valence-electron chi connectivity index (χ4n) is 1.02. The van der Waals surface area contributed by atoms with Gasteiger partial charge in [-0.2, -0.15) is 0 Å². The molecule has 0 fully saturated rings. The van der Waals surface area contributed by atoms with Crippen LogP contribution in [0.2, 0.25) is 0 Å². The highest BCUT2D eigenvalue weighted by Crippen LogP contribution is 2.11. The van der Waals surface area contributed by atoms with Crippen molar-refractivity contribution >= 4 is 0 Å². The molecule has 1 heterocycles. The van der Waals surface area contributed by atoms with Crippen LogP contribution in [0, 0.1) is 0 Å². The van der Waals surface area contributed by atoms with Gasteiger partial charge in [-0.3, -0.25) is 0 Å². The molecule has 1 aromatic rings. The van der Waals surface area contributed by atoms with Gasteiger partial charge in [-0.1, -0.05) is 0 Å². The molecule has 0 unspecified atom stereocenters. The molecule has 0 spiro atoms. The first-order valence-corrected chi connectivity index (χ1v) is 3.74. The Balaban J connectivity index is 2.51. The minimum atomic E-state index is 0.463. The van der Waals surface area contributed by atoms with Crippen molar-refractivity contribution in [2.75, 3.05) is 13.7 Å². The average molecular weight is 171 g/mol. The van der Waals surface area contributed by atoms with Crippen molar-refractivity contribution in [3.05, 3.63) is 23.7 Å². The van der Waals surface area contributed by atoms with E-state index in [0.29, 0.717) is 19.6 Å². The van der Waals surface area contributed by atoms with Gasteiger partial charge in [-0.25, -0.2) is 5.90 Å². The van der Waals surface area contributed by atoms with E-state index in [2.05, 4.69) is 4.84 Å². The Morgan fingerprint density at radius 1 is 1.58 bits per heavy atom. The lowest BCUT2D eigenvalue weighted by molar-refractivity contribution is 0.135. The van der Waals surface area contributed by atoms with Crippen LogP contribution in [-0.2, 0) is 22.6 Å². The highest BCUT2D eigenvalue weighted by atomic mass is 16.6. The Kier molecular flexibility index (Phi) is 3.79. The normalized spacial score (nSPS) is 10.5. The molecule has 4 heteroatoms. The van der Waals surface area contributed by atoms with Gasteiger partial charge in [-0.15, -0.1) is 0 Å². The van der Waals surface area contributed by atoms with Crippen LogP contribution in [0.25, 0.3) is 0 Å². The quantitative estimate of drug-likeness (QED) is 0.667. The van der Waals surface area contributed by atoms with Crippen molar-refractivity contribution in [3.8, 4) is 0 Å². The van der Waals surface area contributed by atoms with Gasteiger partial charge in [0.05, 0.1) is 19.5 Å². The summed E-state index contributed by atoms with van der Waals surface area (Å²) in [5, 5.41) is 0. The first-order chi connectivity index (χ1) is 5.88. The number of nitrogens with two attached hydrogens (primary N) is 1. The van der Waals surface area contributed by atoms with Crippen LogP contribution in [0.5, 0.6) is 0 Å². The maximum atomic E-state index is 5.20. The van der Waals surface area contributed by atoms with Crippen LogP contribution in [-0.4, -0.2) is 13.7 Å². The van der Waals surface area contributed by atoms with Crippen molar-refractivity contribution in [1.29, 1.82) is 0 Å². The molecule has 4 nitrogen and oxygen atoms in total. The van der Waals surface area contributed by atoms with Crippen LogP contribution in [0.4, 0.5) is 0 Å². The van der Waals surface area contributed by atoms with Crippen LogP contribution < -0.4 is 5.90 Å². The molecule has 0 aliphatic carbocycles. The van der Waals surface area contributed by atoms with E-state index in [1.807, 2.05) is 6.07 Å². The van der Waals surface area contributed by atoms with Crippen LogP contribution in [0.3, 0.4) is 0 Å².